The average Bonchev–Trinajstić information content (AvgIpc) is 3.11. The van der Waals surface area contributed by atoms with Crippen molar-refractivity contribution in [2.45, 2.75) is 225 Å². The number of nitrogens with zero attached hydrogens (tertiary/aromatic N) is 1. The molecule has 0 aliphatic carbocycles. The Kier molecular flexibility index (Phi) is 38.0. The van der Waals surface area contributed by atoms with Crippen LogP contribution in [0.4, 0.5) is 0 Å². The van der Waals surface area contributed by atoms with Gasteiger partial charge in [0.2, 0.25) is 0 Å². The lowest BCUT2D eigenvalue weighted by Crippen LogP contribution is -2.37. The Morgan fingerprint density at radius 2 is 0.868 bits per heavy atom. The van der Waals surface area contributed by atoms with E-state index in [-0.39, 0.29) is 25.8 Å². The molecule has 0 heterocycles. The van der Waals surface area contributed by atoms with Crippen molar-refractivity contribution in [1.82, 2.24) is 0 Å². The van der Waals surface area contributed by atoms with Gasteiger partial charge in [0.25, 0.3) is 7.82 Å². The number of ether oxygens (including phenoxy) is 2. The van der Waals surface area contributed by atoms with Crippen molar-refractivity contribution in [3.05, 3.63) is 0 Å². The Morgan fingerprint density at radius 3 is 1.25 bits per heavy atom. The molecule has 0 aromatic heterocycles. The zero-order valence-electron chi connectivity index (χ0n) is 36.0. The summed E-state index contributed by atoms with van der Waals surface area (Å²) in [6.07, 6.45) is 39.6. The van der Waals surface area contributed by atoms with Crippen molar-refractivity contribution < 1.29 is 37.3 Å². The van der Waals surface area contributed by atoms with E-state index in [0.29, 0.717) is 24.1 Å². The molecule has 0 aromatic rings. The normalized spacial score (nSPS) is 13.7. The van der Waals surface area contributed by atoms with Crippen LogP contribution in [0, 0.1) is 0 Å². The minimum absolute atomic E-state index is 0.0314. The van der Waals surface area contributed by atoms with E-state index in [9.17, 15) is 14.3 Å². The van der Waals surface area contributed by atoms with Crippen LogP contribution in [0.2, 0.25) is 0 Å². The Labute approximate surface area is 329 Å². The predicted octanol–water partition coefficient (Wildman–Crippen LogP) is 12.6. The number of esters is 1. The zero-order valence-corrected chi connectivity index (χ0v) is 36.9. The first-order valence-corrected chi connectivity index (χ1v) is 24.2. The number of quaternary nitrogens is 1. The van der Waals surface area contributed by atoms with E-state index < -0.39 is 13.9 Å². The number of phosphoric ester groups is 1. The molecule has 53 heavy (non-hydrogen) atoms. The molecular formula is C44H90NO7P. The molecule has 0 amide bonds. The second kappa shape index (κ2) is 38.4. The Bertz CT molecular complexity index is 822. The van der Waals surface area contributed by atoms with Gasteiger partial charge in [0, 0.05) is 13.0 Å². The third-order valence-corrected chi connectivity index (χ3v) is 11.1. The first-order valence-electron chi connectivity index (χ1n) is 22.8. The van der Waals surface area contributed by atoms with Crippen molar-refractivity contribution in [1.29, 1.82) is 0 Å². The second-order valence-corrected chi connectivity index (χ2v) is 18.2. The highest BCUT2D eigenvalue weighted by Crippen LogP contribution is 2.38. The number of hydrogen-bond acceptors (Lipinski definition) is 7. The summed E-state index contributed by atoms with van der Waals surface area (Å²) in [6.45, 7) is 5.47. The third kappa shape index (κ3) is 42.5. The predicted molar refractivity (Wildman–Crippen MR) is 222 cm³/mol. The summed E-state index contributed by atoms with van der Waals surface area (Å²) >= 11 is 0. The fourth-order valence-corrected chi connectivity index (χ4v) is 7.34. The number of unbranched alkanes of at least 4 members (excludes halogenated alkanes) is 29. The van der Waals surface area contributed by atoms with Crippen LogP contribution in [-0.2, 0) is 27.9 Å². The number of likely N-dealkylation sites (N-methyl/N-ethyl adjacent to an activating group) is 1. The van der Waals surface area contributed by atoms with Crippen LogP contribution in [0.25, 0.3) is 0 Å². The van der Waals surface area contributed by atoms with E-state index in [1.54, 1.807) is 0 Å². The summed E-state index contributed by atoms with van der Waals surface area (Å²) in [5.74, 6) is -0.328. The molecule has 0 spiro atoms. The Balaban J connectivity index is 4.16. The minimum atomic E-state index is -4.51. The first kappa shape index (κ1) is 52.5. The quantitative estimate of drug-likeness (QED) is 0.0263. The van der Waals surface area contributed by atoms with Crippen LogP contribution >= 0.6 is 7.82 Å². The Hall–Kier alpha value is -0.500. The van der Waals surface area contributed by atoms with Crippen LogP contribution in [-0.4, -0.2) is 70.7 Å². The molecule has 2 unspecified atom stereocenters. The molecule has 2 atom stereocenters. The molecule has 9 heteroatoms. The van der Waals surface area contributed by atoms with Crippen LogP contribution in [0.3, 0.4) is 0 Å². The van der Waals surface area contributed by atoms with Gasteiger partial charge in [-0.15, -0.1) is 0 Å². The van der Waals surface area contributed by atoms with Gasteiger partial charge >= 0.3 is 5.97 Å². The molecule has 8 nitrogen and oxygen atoms in total. The van der Waals surface area contributed by atoms with Crippen molar-refractivity contribution >= 4 is 13.8 Å². The highest BCUT2D eigenvalue weighted by molar-refractivity contribution is 7.45. The summed E-state index contributed by atoms with van der Waals surface area (Å²) < 4.78 is 34.6. The van der Waals surface area contributed by atoms with Gasteiger partial charge in [0.15, 0.2) is 0 Å². The number of phosphoric acid groups is 1. The van der Waals surface area contributed by atoms with Gasteiger partial charge in [0.05, 0.1) is 34.4 Å². The van der Waals surface area contributed by atoms with Crippen molar-refractivity contribution in [2.24, 2.45) is 0 Å². The van der Waals surface area contributed by atoms with Crippen LogP contribution in [0.15, 0.2) is 0 Å². The second-order valence-electron chi connectivity index (χ2n) is 16.8. The van der Waals surface area contributed by atoms with Crippen molar-refractivity contribution in [2.75, 3.05) is 54.1 Å². The van der Waals surface area contributed by atoms with Gasteiger partial charge in [-0.1, -0.05) is 200 Å². The SMILES string of the molecule is CCCCCCCCCCCCCCCCCCCOCC(COP(=O)([O-])OCC[N+](C)(C)C)OC(=O)CCCCCCCCCCCCCCCC. The van der Waals surface area contributed by atoms with Gasteiger partial charge < -0.3 is 27.9 Å². The third-order valence-electron chi connectivity index (χ3n) is 10.2. The molecule has 0 saturated heterocycles. The van der Waals surface area contributed by atoms with E-state index in [1.165, 1.54) is 167 Å². The maximum absolute atomic E-state index is 12.7. The van der Waals surface area contributed by atoms with Gasteiger partial charge in [0.1, 0.15) is 19.3 Å². The molecule has 318 valence electrons. The van der Waals surface area contributed by atoms with Crippen LogP contribution in [0.1, 0.15) is 219 Å². The first-order chi connectivity index (χ1) is 25.6. The molecule has 0 saturated carbocycles. The van der Waals surface area contributed by atoms with E-state index in [4.69, 9.17) is 18.5 Å². The number of carbonyl (C=O) groups excluding carboxylic acids is 1. The lowest BCUT2D eigenvalue weighted by atomic mass is 10.0. The van der Waals surface area contributed by atoms with Crippen molar-refractivity contribution in [3.8, 4) is 0 Å². The minimum Gasteiger partial charge on any atom is -0.756 e. The molecule has 0 rings (SSSR count). The van der Waals surface area contributed by atoms with E-state index in [1.807, 2.05) is 21.1 Å². The molecular weight excluding hydrogens is 685 g/mol. The van der Waals surface area contributed by atoms with Gasteiger partial charge in [-0.25, -0.2) is 0 Å². The number of hydrogen-bond donors (Lipinski definition) is 0. The fraction of sp³-hybridized carbons (Fsp3) is 0.977. The lowest BCUT2D eigenvalue weighted by molar-refractivity contribution is -0.870. The molecule has 0 aromatic carbocycles. The van der Waals surface area contributed by atoms with Crippen molar-refractivity contribution in [3.63, 3.8) is 0 Å². The number of rotatable bonds is 43. The van der Waals surface area contributed by atoms with Gasteiger partial charge in [-0.05, 0) is 12.8 Å². The highest BCUT2D eigenvalue weighted by Gasteiger charge is 2.20. The molecule has 0 aliphatic heterocycles. The molecule has 0 N–H and O–H groups in total. The summed E-state index contributed by atoms with van der Waals surface area (Å²) in [5, 5.41) is 0. The molecule has 0 fully saturated rings. The van der Waals surface area contributed by atoms with Gasteiger partial charge in [-0.2, -0.15) is 0 Å². The largest absolute Gasteiger partial charge is 0.756 e. The van der Waals surface area contributed by atoms with E-state index >= 15 is 0 Å². The monoisotopic (exact) mass is 776 g/mol. The summed E-state index contributed by atoms with van der Waals surface area (Å²) in [7, 11) is 1.37. The maximum Gasteiger partial charge on any atom is 0.306 e. The van der Waals surface area contributed by atoms with Crippen LogP contribution in [0.5, 0.6) is 0 Å². The summed E-state index contributed by atoms with van der Waals surface area (Å²) in [4.78, 5) is 25.0. The molecule has 0 bridgehead atoms. The smallest absolute Gasteiger partial charge is 0.306 e. The summed E-state index contributed by atoms with van der Waals surface area (Å²) in [5.41, 5.74) is 0. The molecule has 0 aliphatic rings. The standard InChI is InChI=1S/C44H90NO7P/c1-6-8-10-12-14-16-18-20-22-23-24-26-28-30-32-34-36-39-49-41-43(42-51-53(47,48)50-40-38-45(3,4)5)52-44(46)37-35-33-31-29-27-25-21-19-17-15-13-11-9-7-2/h43H,6-42H2,1-5H3. The zero-order chi connectivity index (χ0) is 39.1. The average molecular weight is 776 g/mol. The van der Waals surface area contributed by atoms with E-state index in [2.05, 4.69) is 13.8 Å². The number of carbonyl (C=O) groups is 1. The van der Waals surface area contributed by atoms with E-state index in [0.717, 1.165) is 32.1 Å². The fourth-order valence-electron chi connectivity index (χ4n) is 6.61. The highest BCUT2D eigenvalue weighted by atomic mass is 31.2. The van der Waals surface area contributed by atoms with Crippen LogP contribution < -0.4 is 4.89 Å². The summed E-state index contributed by atoms with van der Waals surface area (Å²) in [6, 6.07) is 0. The topological polar surface area (TPSA) is 94.1 Å². The lowest BCUT2D eigenvalue weighted by Gasteiger charge is -2.28. The molecule has 0 radical (unpaired) electrons. The van der Waals surface area contributed by atoms with Gasteiger partial charge in [-0.3, -0.25) is 9.36 Å². The maximum atomic E-state index is 12.7. The Morgan fingerprint density at radius 1 is 0.509 bits per heavy atom.